The van der Waals surface area contributed by atoms with Crippen molar-refractivity contribution in [2.24, 2.45) is 5.92 Å². The van der Waals surface area contributed by atoms with E-state index in [9.17, 15) is 9.18 Å². The molecule has 1 atom stereocenters. The SMILES string of the molecule is COc1ccccc1OCC(=O)NC[C@@H]1CCCN(Cc2ccccc2F)C1. The van der Waals surface area contributed by atoms with E-state index in [-0.39, 0.29) is 18.3 Å². The average Bonchev–Trinajstić information content (AvgIpc) is 2.73. The van der Waals surface area contributed by atoms with Gasteiger partial charge in [-0.15, -0.1) is 0 Å². The first-order chi connectivity index (χ1) is 13.7. The molecular weight excluding hydrogens is 359 g/mol. The summed E-state index contributed by atoms with van der Waals surface area (Å²) in [6, 6.07) is 14.1. The standard InChI is InChI=1S/C22H27FN2O3/c1-27-20-10-4-5-11-21(20)28-16-22(26)24-13-17-7-6-12-25(14-17)15-18-8-2-3-9-19(18)23/h2-5,8-11,17H,6-7,12-16H2,1H3,(H,24,26)/t17-/m0/s1. The Bertz CT molecular complexity index is 784. The first kappa shape index (κ1) is 20.1. The third-order valence-electron chi connectivity index (χ3n) is 4.97. The van der Waals surface area contributed by atoms with Crippen molar-refractivity contribution in [3.8, 4) is 11.5 Å². The lowest BCUT2D eigenvalue weighted by Crippen LogP contribution is -2.41. The van der Waals surface area contributed by atoms with Gasteiger partial charge in [0.05, 0.1) is 7.11 Å². The summed E-state index contributed by atoms with van der Waals surface area (Å²) >= 11 is 0. The van der Waals surface area contributed by atoms with Crippen molar-refractivity contribution in [3.05, 3.63) is 59.9 Å². The molecule has 2 aromatic carbocycles. The predicted molar refractivity (Wildman–Crippen MR) is 106 cm³/mol. The molecule has 0 bridgehead atoms. The Hall–Kier alpha value is -2.60. The molecule has 1 amide bonds. The summed E-state index contributed by atoms with van der Waals surface area (Å²) in [5.74, 6) is 1.19. The highest BCUT2D eigenvalue weighted by molar-refractivity contribution is 5.77. The summed E-state index contributed by atoms with van der Waals surface area (Å²) in [5, 5.41) is 2.95. The number of benzene rings is 2. The third-order valence-corrected chi connectivity index (χ3v) is 4.97. The molecule has 1 N–H and O–H groups in total. The maximum absolute atomic E-state index is 13.9. The largest absolute Gasteiger partial charge is 0.493 e. The summed E-state index contributed by atoms with van der Waals surface area (Å²) in [6.07, 6.45) is 2.11. The molecule has 1 aliphatic rings. The van der Waals surface area contributed by atoms with Crippen LogP contribution in [0.5, 0.6) is 11.5 Å². The molecule has 0 aromatic heterocycles. The van der Waals surface area contributed by atoms with Crippen molar-refractivity contribution >= 4 is 5.91 Å². The normalized spacial score (nSPS) is 17.1. The van der Waals surface area contributed by atoms with Gasteiger partial charge in [-0.25, -0.2) is 4.39 Å². The van der Waals surface area contributed by atoms with E-state index in [1.165, 1.54) is 6.07 Å². The molecule has 150 valence electrons. The molecule has 5 nitrogen and oxygen atoms in total. The molecule has 6 heteroatoms. The van der Waals surface area contributed by atoms with Crippen molar-refractivity contribution in [2.45, 2.75) is 19.4 Å². The third kappa shape index (κ3) is 5.70. The van der Waals surface area contributed by atoms with Gasteiger partial charge >= 0.3 is 0 Å². The van der Waals surface area contributed by atoms with Crippen LogP contribution in [0.25, 0.3) is 0 Å². The number of hydrogen-bond donors (Lipinski definition) is 1. The Kier molecular flexibility index (Phi) is 7.25. The van der Waals surface area contributed by atoms with Gasteiger partial charge in [-0.3, -0.25) is 9.69 Å². The predicted octanol–water partition coefficient (Wildman–Crippen LogP) is 3.24. The number of halogens is 1. The first-order valence-corrected chi connectivity index (χ1v) is 9.64. The molecule has 28 heavy (non-hydrogen) atoms. The van der Waals surface area contributed by atoms with Crippen LogP contribution in [0.2, 0.25) is 0 Å². The topological polar surface area (TPSA) is 50.8 Å². The lowest BCUT2D eigenvalue weighted by atomic mass is 9.97. The highest BCUT2D eigenvalue weighted by Crippen LogP contribution is 2.25. The van der Waals surface area contributed by atoms with E-state index in [0.717, 1.165) is 31.5 Å². The van der Waals surface area contributed by atoms with Gasteiger partial charge in [-0.05, 0) is 43.5 Å². The highest BCUT2D eigenvalue weighted by Gasteiger charge is 2.21. The molecule has 1 aliphatic heterocycles. The molecule has 1 heterocycles. The molecule has 0 spiro atoms. The highest BCUT2D eigenvalue weighted by atomic mass is 19.1. The molecule has 1 saturated heterocycles. The number of carbonyl (C=O) groups is 1. The minimum Gasteiger partial charge on any atom is -0.493 e. The van der Waals surface area contributed by atoms with E-state index in [1.807, 2.05) is 24.3 Å². The Balaban J connectivity index is 1.42. The van der Waals surface area contributed by atoms with Gasteiger partial charge in [-0.2, -0.15) is 0 Å². The van der Waals surface area contributed by atoms with Crippen LogP contribution in [0.4, 0.5) is 4.39 Å². The smallest absolute Gasteiger partial charge is 0.257 e. The molecule has 0 radical (unpaired) electrons. The van der Waals surface area contributed by atoms with Gasteiger partial charge in [0.15, 0.2) is 18.1 Å². The number of nitrogens with zero attached hydrogens (tertiary/aromatic N) is 1. The van der Waals surface area contributed by atoms with Crippen molar-refractivity contribution in [3.63, 3.8) is 0 Å². The molecule has 0 aliphatic carbocycles. The van der Waals surface area contributed by atoms with Crippen LogP contribution in [0.15, 0.2) is 48.5 Å². The van der Waals surface area contributed by atoms with Crippen molar-refractivity contribution < 1.29 is 18.7 Å². The number of hydrogen-bond acceptors (Lipinski definition) is 4. The summed E-state index contributed by atoms with van der Waals surface area (Å²) in [6.45, 7) is 2.96. The summed E-state index contributed by atoms with van der Waals surface area (Å²) < 4.78 is 24.6. The lowest BCUT2D eigenvalue weighted by Gasteiger charge is -2.32. The molecule has 3 rings (SSSR count). The number of carbonyl (C=O) groups excluding carboxylic acids is 1. The minimum atomic E-state index is -0.161. The van der Waals surface area contributed by atoms with Gasteiger partial charge in [-0.1, -0.05) is 30.3 Å². The lowest BCUT2D eigenvalue weighted by molar-refractivity contribution is -0.123. The summed E-state index contributed by atoms with van der Waals surface area (Å²) in [5.41, 5.74) is 0.720. The van der Waals surface area contributed by atoms with Crippen LogP contribution >= 0.6 is 0 Å². The fourth-order valence-electron chi connectivity index (χ4n) is 3.52. The average molecular weight is 386 g/mol. The molecule has 0 unspecified atom stereocenters. The van der Waals surface area contributed by atoms with Crippen LogP contribution in [0.1, 0.15) is 18.4 Å². The second-order valence-electron chi connectivity index (χ2n) is 7.08. The Morgan fingerprint density at radius 3 is 2.71 bits per heavy atom. The van der Waals surface area contributed by atoms with E-state index < -0.39 is 0 Å². The zero-order valence-corrected chi connectivity index (χ0v) is 16.2. The fourth-order valence-corrected chi connectivity index (χ4v) is 3.52. The van der Waals surface area contributed by atoms with Crippen molar-refractivity contribution in [2.75, 3.05) is 33.4 Å². The minimum absolute atomic E-state index is 0.0496. The maximum Gasteiger partial charge on any atom is 0.257 e. The van der Waals surface area contributed by atoms with E-state index in [1.54, 1.807) is 25.3 Å². The number of rotatable bonds is 8. The van der Waals surface area contributed by atoms with Gasteiger partial charge < -0.3 is 14.8 Å². The quantitative estimate of drug-likeness (QED) is 0.757. The fraction of sp³-hybridized carbons (Fsp3) is 0.409. The van der Waals surface area contributed by atoms with Gasteiger partial charge in [0.25, 0.3) is 5.91 Å². The number of likely N-dealkylation sites (tertiary alicyclic amines) is 1. The second kappa shape index (κ2) is 10.1. The maximum atomic E-state index is 13.9. The summed E-state index contributed by atoms with van der Waals surface area (Å²) in [7, 11) is 1.57. The number of ether oxygens (including phenoxy) is 2. The number of amides is 1. The Morgan fingerprint density at radius 2 is 1.93 bits per heavy atom. The van der Waals surface area contributed by atoms with Crippen LogP contribution in [0.3, 0.4) is 0 Å². The van der Waals surface area contributed by atoms with Crippen LogP contribution in [0, 0.1) is 11.7 Å². The van der Waals surface area contributed by atoms with Gasteiger partial charge in [0.2, 0.25) is 0 Å². The van der Waals surface area contributed by atoms with E-state index in [2.05, 4.69) is 10.2 Å². The molecule has 0 saturated carbocycles. The van der Waals surface area contributed by atoms with E-state index in [4.69, 9.17) is 9.47 Å². The zero-order chi connectivity index (χ0) is 19.8. The summed E-state index contributed by atoms with van der Waals surface area (Å²) in [4.78, 5) is 14.4. The van der Waals surface area contributed by atoms with Crippen LogP contribution < -0.4 is 14.8 Å². The number of piperidine rings is 1. The number of methoxy groups -OCH3 is 1. The molecule has 1 fully saturated rings. The van der Waals surface area contributed by atoms with Gasteiger partial charge in [0.1, 0.15) is 5.82 Å². The number of nitrogens with one attached hydrogen (secondary N) is 1. The zero-order valence-electron chi connectivity index (χ0n) is 16.2. The van der Waals surface area contributed by atoms with Gasteiger partial charge in [0, 0.05) is 25.2 Å². The van der Waals surface area contributed by atoms with Crippen molar-refractivity contribution in [1.29, 1.82) is 0 Å². The van der Waals surface area contributed by atoms with E-state index in [0.29, 0.717) is 30.5 Å². The van der Waals surface area contributed by atoms with Crippen molar-refractivity contribution in [1.82, 2.24) is 10.2 Å². The molecule has 2 aromatic rings. The monoisotopic (exact) mass is 386 g/mol. The van der Waals surface area contributed by atoms with E-state index >= 15 is 0 Å². The number of para-hydroxylation sites is 2. The Labute approximate surface area is 165 Å². The van der Waals surface area contributed by atoms with Crippen LogP contribution in [-0.2, 0) is 11.3 Å². The second-order valence-corrected chi connectivity index (χ2v) is 7.08. The van der Waals surface area contributed by atoms with Crippen LogP contribution in [-0.4, -0.2) is 44.2 Å². The Morgan fingerprint density at radius 1 is 1.18 bits per heavy atom. The molecular formula is C22H27FN2O3. The first-order valence-electron chi connectivity index (χ1n) is 9.64.